The SMILES string of the molecule is COC(=O)CCS[C@@H](C)C(=O)Nc1ccccc1-c1ccccc1. The molecule has 5 heteroatoms. The molecule has 0 aromatic heterocycles. The summed E-state index contributed by atoms with van der Waals surface area (Å²) in [6.07, 6.45) is 0.305. The fraction of sp³-hybridized carbons (Fsp3) is 0.263. The number of methoxy groups -OCH3 is 1. The van der Waals surface area contributed by atoms with Crippen LogP contribution in [0, 0.1) is 0 Å². The van der Waals surface area contributed by atoms with E-state index < -0.39 is 0 Å². The highest BCUT2D eigenvalue weighted by Gasteiger charge is 2.16. The van der Waals surface area contributed by atoms with E-state index >= 15 is 0 Å². The molecule has 4 nitrogen and oxygen atoms in total. The topological polar surface area (TPSA) is 55.4 Å². The minimum Gasteiger partial charge on any atom is -0.469 e. The summed E-state index contributed by atoms with van der Waals surface area (Å²) >= 11 is 1.44. The number of rotatable bonds is 7. The molecule has 1 amide bonds. The Balaban J connectivity index is 2.00. The lowest BCUT2D eigenvalue weighted by molar-refractivity contribution is -0.140. The van der Waals surface area contributed by atoms with Gasteiger partial charge in [0.15, 0.2) is 0 Å². The molecule has 0 heterocycles. The van der Waals surface area contributed by atoms with Crippen LogP contribution in [0.5, 0.6) is 0 Å². The van der Waals surface area contributed by atoms with Crippen molar-refractivity contribution < 1.29 is 14.3 Å². The second-order valence-corrected chi connectivity index (χ2v) is 6.69. The summed E-state index contributed by atoms with van der Waals surface area (Å²) in [4.78, 5) is 23.5. The molecule has 2 aromatic carbocycles. The summed E-state index contributed by atoms with van der Waals surface area (Å²) in [7, 11) is 1.36. The summed E-state index contributed by atoms with van der Waals surface area (Å²) < 4.78 is 4.60. The van der Waals surface area contributed by atoms with Crippen LogP contribution < -0.4 is 5.32 Å². The quantitative estimate of drug-likeness (QED) is 0.773. The van der Waals surface area contributed by atoms with Crippen LogP contribution in [0.25, 0.3) is 11.1 Å². The minimum absolute atomic E-state index is 0.0757. The van der Waals surface area contributed by atoms with Gasteiger partial charge in [-0.1, -0.05) is 48.5 Å². The van der Waals surface area contributed by atoms with Gasteiger partial charge in [-0.05, 0) is 18.6 Å². The Bertz CT molecular complexity index is 688. The number of hydrogen-bond donors (Lipinski definition) is 1. The van der Waals surface area contributed by atoms with Crippen molar-refractivity contribution >= 4 is 29.3 Å². The third kappa shape index (κ3) is 5.13. The van der Waals surface area contributed by atoms with Crippen molar-refractivity contribution in [1.29, 1.82) is 0 Å². The molecule has 0 unspecified atom stereocenters. The van der Waals surface area contributed by atoms with Crippen LogP contribution >= 0.6 is 11.8 Å². The van der Waals surface area contributed by atoms with E-state index in [0.717, 1.165) is 16.8 Å². The van der Waals surface area contributed by atoms with Gasteiger partial charge in [0.05, 0.1) is 18.8 Å². The van der Waals surface area contributed by atoms with Crippen molar-refractivity contribution in [2.75, 3.05) is 18.2 Å². The number of anilines is 1. The molecule has 2 aromatic rings. The zero-order chi connectivity index (χ0) is 17.4. The molecule has 2 rings (SSSR count). The molecule has 0 bridgehead atoms. The number of thioether (sulfide) groups is 1. The Kier molecular flexibility index (Phi) is 6.88. The number of ether oxygens (including phenoxy) is 1. The first-order valence-corrected chi connectivity index (χ1v) is 8.80. The molecule has 0 aliphatic carbocycles. The number of esters is 1. The first kappa shape index (κ1) is 18.1. The monoisotopic (exact) mass is 343 g/mol. The molecular formula is C19H21NO3S. The van der Waals surface area contributed by atoms with Gasteiger partial charge in [0.1, 0.15) is 0 Å². The number of amides is 1. The van der Waals surface area contributed by atoms with E-state index in [4.69, 9.17) is 0 Å². The molecule has 24 heavy (non-hydrogen) atoms. The van der Waals surface area contributed by atoms with Gasteiger partial charge < -0.3 is 10.1 Å². The molecule has 0 spiro atoms. The highest BCUT2D eigenvalue weighted by molar-refractivity contribution is 8.00. The molecule has 0 aliphatic heterocycles. The van der Waals surface area contributed by atoms with Crippen LogP contribution in [0.2, 0.25) is 0 Å². The van der Waals surface area contributed by atoms with Crippen molar-refractivity contribution in [1.82, 2.24) is 0 Å². The molecule has 0 saturated carbocycles. The fourth-order valence-corrected chi connectivity index (χ4v) is 3.04. The number of carbonyl (C=O) groups is 2. The second-order valence-electron chi connectivity index (χ2n) is 5.24. The maximum Gasteiger partial charge on any atom is 0.306 e. The highest BCUT2D eigenvalue weighted by atomic mass is 32.2. The van der Waals surface area contributed by atoms with E-state index in [1.165, 1.54) is 18.9 Å². The van der Waals surface area contributed by atoms with Crippen molar-refractivity contribution in [2.24, 2.45) is 0 Å². The van der Waals surface area contributed by atoms with Crippen LogP contribution in [-0.4, -0.2) is 30.0 Å². The number of benzene rings is 2. The van der Waals surface area contributed by atoms with Crippen molar-refractivity contribution in [3.05, 3.63) is 54.6 Å². The van der Waals surface area contributed by atoms with Crippen molar-refractivity contribution in [3.8, 4) is 11.1 Å². The second kappa shape index (κ2) is 9.13. The number of para-hydroxylation sites is 1. The number of nitrogens with one attached hydrogen (secondary N) is 1. The predicted octanol–water partition coefficient (Wildman–Crippen LogP) is 3.98. The minimum atomic E-state index is -0.260. The van der Waals surface area contributed by atoms with Crippen molar-refractivity contribution in [3.63, 3.8) is 0 Å². The first-order chi connectivity index (χ1) is 11.6. The Morgan fingerprint density at radius 1 is 1.08 bits per heavy atom. The normalized spacial score (nSPS) is 11.6. The van der Waals surface area contributed by atoms with E-state index in [-0.39, 0.29) is 17.1 Å². The molecule has 1 N–H and O–H groups in total. The van der Waals surface area contributed by atoms with Gasteiger partial charge in [-0.25, -0.2) is 0 Å². The maximum absolute atomic E-state index is 12.4. The first-order valence-electron chi connectivity index (χ1n) is 7.75. The largest absolute Gasteiger partial charge is 0.469 e. The highest BCUT2D eigenvalue weighted by Crippen LogP contribution is 2.28. The van der Waals surface area contributed by atoms with Gasteiger partial charge in [-0.2, -0.15) is 0 Å². The lowest BCUT2D eigenvalue weighted by Crippen LogP contribution is -2.23. The van der Waals surface area contributed by atoms with Crippen LogP contribution in [0.3, 0.4) is 0 Å². The zero-order valence-electron chi connectivity index (χ0n) is 13.8. The summed E-state index contributed by atoms with van der Waals surface area (Å²) in [6, 6.07) is 17.7. The van der Waals surface area contributed by atoms with Gasteiger partial charge in [-0.15, -0.1) is 11.8 Å². The summed E-state index contributed by atoms with van der Waals surface area (Å²) in [6.45, 7) is 1.84. The molecule has 0 radical (unpaired) electrons. The van der Waals surface area contributed by atoms with Gasteiger partial charge in [-0.3, -0.25) is 9.59 Å². The van der Waals surface area contributed by atoms with E-state index in [2.05, 4.69) is 10.1 Å². The van der Waals surface area contributed by atoms with E-state index in [0.29, 0.717) is 12.2 Å². The zero-order valence-corrected chi connectivity index (χ0v) is 14.6. The average molecular weight is 343 g/mol. The molecule has 1 atom stereocenters. The molecule has 0 saturated heterocycles. The van der Waals surface area contributed by atoms with Crippen LogP contribution in [-0.2, 0) is 14.3 Å². The summed E-state index contributed by atoms with van der Waals surface area (Å²) in [5.74, 6) is 0.222. The van der Waals surface area contributed by atoms with Crippen LogP contribution in [0.15, 0.2) is 54.6 Å². The van der Waals surface area contributed by atoms with Gasteiger partial charge in [0, 0.05) is 17.0 Å². The van der Waals surface area contributed by atoms with Gasteiger partial charge >= 0.3 is 5.97 Å². The predicted molar refractivity (Wildman–Crippen MR) is 99.1 cm³/mol. The van der Waals surface area contributed by atoms with Gasteiger partial charge in [0.25, 0.3) is 0 Å². The van der Waals surface area contributed by atoms with Crippen LogP contribution in [0.1, 0.15) is 13.3 Å². The molecule has 0 aliphatic rings. The number of hydrogen-bond acceptors (Lipinski definition) is 4. The standard InChI is InChI=1S/C19H21NO3S/c1-14(24-13-12-18(21)23-2)19(22)20-17-11-7-6-10-16(17)15-8-4-3-5-9-15/h3-11,14H,12-13H2,1-2H3,(H,20,22)/t14-/m0/s1. The Hall–Kier alpha value is -2.27. The fourth-order valence-electron chi connectivity index (χ4n) is 2.19. The van der Waals surface area contributed by atoms with E-state index in [1.807, 2.05) is 61.5 Å². The van der Waals surface area contributed by atoms with E-state index in [9.17, 15) is 9.59 Å². The molecule has 126 valence electrons. The van der Waals surface area contributed by atoms with Crippen LogP contribution in [0.4, 0.5) is 5.69 Å². The van der Waals surface area contributed by atoms with Gasteiger partial charge in [0.2, 0.25) is 5.91 Å². The summed E-state index contributed by atoms with van der Waals surface area (Å²) in [5.41, 5.74) is 2.83. The smallest absolute Gasteiger partial charge is 0.306 e. The Morgan fingerprint density at radius 3 is 2.46 bits per heavy atom. The maximum atomic E-state index is 12.4. The lowest BCUT2D eigenvalue weighted by Gasteiger charge is -2.15. The van der Waals surface area contributed by atoms with Crippen molar-refractivity contribution in [2.45, 2.75) is 18.6 Å². The Morgan fingerprint density at radius 2 is 1.75 bits per heavy atom. The number of carbonyl (C=O) groups excluding carboxylic acids is 2. The summed E-state index contributed by atoms with van der Waals surface area (Å²) in [5, 5.41) is 2.73. The molecule has 0 fully saturated rings. The average Bonchev–Trinajstić information content (AvgIpc) is 2.62. The van der Waals surface area contributed by atoms with E-state index in [1.54, 1.807) is 0 Å². The third-order valence-corrected chi connectivity index (χ3v) is 4.69. The Labute approximate surface area is 146 Å². The lowest BCUT2D eigenvalue weighted by atomic mass is 10.0. The third-order valence-electron chi connectivity index (χ3n) is 3.54. The molecular weight excluding hydrogens is 322 g/mol.